The van der Waals surface area contributed by atoms with Crippen molar-refractivity contribution in [1.82, 2.24) is 4.98 Å². The highest BCUT2D eigenvalue weighted by Crippen LogP contribution is 2.30. The Labute approximate surface area is 108 Å². The lowest BCUT2D eigenvalue weighted by molar-refractivity contribution is 0.281. The molecule has 0 spiro atoms. The van der Waals surface area contributed by atoms with Gasteiger partial charge in [0.25, 0.3) is 0 Å². The molecule has 1 N–H and O–H groups in total. The highest BCUT2D eigenvalue weighted by Gasteiger charge is 2.12. The molecule has 0 unspecified atom stereocenters. The van der Waals surface area contributed by atoms with Gasteiger partial charge in [0.2, 0.25) is 0 Å². The van der Waals surface area contributed by atoms with E-state index in [1.165, 1.54) is 11.3 Å². The van der Waals surface area contributed by atoms with Gasteiger partial charge in [-0.2, -0.15) is 0 Å². The van der Waals surface area contributed by atoms with Crippen LogP contribution < -0.4 is 4.90 Å². The second-order valence-electron chi connectivity index (χ2n) is 4.19. The van der Waals surface area contributed by atoms with Gasteiger partial charge in [0, 0.05) is 35.9 Å². The first-order valence-electron chi connectivity index (χ1n) is 6.14. The fourth-order valence-electron chi connectivity index (χ4n) is 2.14. The van der Waals surface area contributed by atoms with E-state index in [0.29, 0.717) is 0 Å². The van der Waals surface area contributed by atoms with Crippen molar-refractivity contribution in [2.24, 2.45) is 0 Å². The zero-order valence-corrected chi connectivity index (χ0v) is 10.8. The molecule has 0 saturated heterocycles. The van der Waals surface area contributed by atoms with Crippen LogP contribution in [0.15, 0.2) is 42.7 Å². The molecule has 0 aliphatic rings. The lowest BCUT2D eigenvalue weighted by Gasteiger charge is -2.26. The fourth-order valence-corrected chi connectivity index (χ4v) is 2.14. The molecule has 0 radical (unpaired) electrons. The monoisotopic (exact) mass is 242 g/mol. The molecule has 94 valence electrons. The SMILES string of the molecule is CCN(c1ccccc1C)c1ccncc1CO. The van der Waals surface area contributed by atoms with E-state index in [1.54, 1.807) is 12.4 Å². The normalized spacial score (nSPS) is 10.4. The summed E-state index contributed by atoms with van der Waals surface area (Å²) in [6, 6.07) is 10.2. The van der Waals surface area contributed by atoms with Crippen LogP contribution >= 0.6 is 0 Å². The van der Waals surface area contributed by atoms with Gasteiger partial charge in [0.15, 0.2) is 0 Å². The van der Waals surface area contributed by atoms with Crippen LogP contribution in [0.3, 0.4) is 0 Å². The standard InChI is InChI=1S/C15H18N2O/c1-3-17(14-7-5-4-6-12(14)2)15-8-9-16-10-13(15)11-18/h4-10,18H,3,11H2,1-2H3. The molecule has 0 saturated carbocycles. The largest absolute Gasteiger partial charge is 0.392 e. The first-order chi connectivity index (χ1) is 8.77. The van der Waals surface area contributed by atoms with Crippen molar-refractivity contribution in [1.29, 1.82) is 0 Å². The third kappa shape index (κ3) is 2.36. The van der Waals surface area contributed by atoms with Gasteiger partial charge < -0.3 is 10.0 Å². The zero-order chi connectivity index (χ0) is 13.0. The highest BCUT2D eigenvalue weighted by molar-refractivity contribution is 5.68. The van der Waals surface area contributed by atoms with Gasteiger partial charge in [-0.15, -0.1) is 0 Å². The third-order valence-electron chi connectivity index (χ3n) is 3.06. The predicted molar refractivity (Wildman–Crippen MR) is 74.0 cm³/mol. The Bertz CT molecular complexity index is 525. The third-order valence-corrected chi connectivity index (χ3v) is 3.06. The van der Waals surface area contributed by atoms with Crippen LogP contribution in [-0.2, 0) is 6.61 Å². The number of aromatic nitrogens is 1. The number of aliphatic hydroxyl groups excluding tert-OH is 1. The van der Waals surface area contributed by atoms with Crippen molar-refractivity contribution in [2.75, 3.05) is 11.4 Å². The van der Waals surface area contributed by atoms with Crippen molar-refractivity contribution in [3.63, 3.8) is 0 Å². The Balaban J connectivity index is 2.49. The quantitative estimate of drug-likeness (QED) is 0.895. The molecule has 0 atom stereocenters. The maximum absolute atomic E-state index is 9.41. The molecule has 2 aromatic rings. The van der Waals surface area contributed by atoms with Gasteiger partial charge in [-0.05, 0) is 31.5 Å². The number of rotatable bonds is 4. The van der Waals surface area contributed by atoms with Crippen molar-refractivity contribution in [3.05, 3.63) is 53.9 Å². The number of aliphatic hydroxyl groups is 1. The van der Waals surface area contributed by atoms with E-state index in [9.17, 15) is 5.11 Å². The molecule has 3 heteroatoms. The van der Waals surface area contributed by atoms with Gasteiger partial charge >= 0.3 is 0 Å². The molecular weight excluding hydrogens is 224 g/mol. The van der Waals surface area contributed by atoms with Gasteiger partial charge in [-0.25, -0.2) is 0 Å². The Hall–Kier alpha value is -1.87. The molecule has 0 fully saturated rings. The minimum atomic E-state index is 0.00551. The summed E-state index contributed by atoms with van der Waals surface area (Å²) in [4.78, 5) is 6.26. The molecular formula is C15H18N2O. The van der Waals surface area contributed by atoms with Gasteiger partial charge in [0.05, 0.1) is 6.61 Å². The average molecular weight is 242 g/mol. The zero-order valence-electron chi connectivity index (χ0n) is 10.8. The van der Waals surface area contributed by atoms with Crippen molar-refractivity contribution in [2.45, 2.75) is 20.5 Å². The average Bonchev–Trinajstić information content (AvgIpc) is 2.42. The smallest absolute Gasteiger partial charge is 0.0717 e. The number of hydrogen-bond donors (Lipinski definition) is 1. The summed E-state index contributed by atoms with van der Waals surface area (Å²) in [7, 11) is 0. The summed E-state index contributed by atoms with van der Waals surface area (Å²) in [5.41, 5.74) is 4.26. The Morgan fingerprint density at radius 3 is 2.61 bits per heavy atom. The molecule has 2 rings (SSSR count). The van der Waals surface area contributed by atoms with Crippen molar-refractivity contribution in [3.8, 4) is 0 Å². The van der Waals surface area contributed by atoms with Crippen LogP contribution in [0.25, 0.3) is 0 Å². The van der Waals surface area contributed by atoms with E-state index in [0.717, 1.165) is 17.8 Å². The van der Waals surface area contributed by atoms with E-state index in [1.807, 2.05) is 18.2 Å². The van der Waals surface area contributed by atoms with Crippen molar-refractivity contribution < 1.29 is 5.11 Å². The Morgan fingerprint density at radius 2 is 1.94 bits per heavy atom. The number of benzene rings is 1. The van der Waals surface area contributed by atoms with Crippen LogP contribution in [-0.4, -0.2) is 16.6 Å². The van der Waals surface area contributed by atoms with Crippen LogP contribution in [0.5, 0.6) is 0 Å². The lowest BCUT2D eigenvalue weighted by Crippen LogP contribution is -2.18. The minimum Gasteiger partial charge on any atom is -0.392 e. The molecule has 1 aromatic carbocycles. The minimum absolute atomic E-state index is 0.00551. The van der Waals surface area contributed by atoms with Crippen LogP contribution in [0, 0.1) is 6.92 Å². The maximum Gasteiger partial charge on any atom is 0.0717 e. The molecule has 0 aliphatic heterocycles. The summed E-state index contributed by atoms with van der Waals surface area (Å²) in [5, 5.41) is 9.41. The highest BCUT2D eigenvalue weighted by atomic mass is 16.3. The second-order valence-corrected chi connectivity index (χ2v) is 4.19. The van der Waals surface area contributed by atoms with Crippen LogP contribution in [0.4, 0.5) is 11.4 Å². The summed E-state index contributed by atoms with van der Waals surface area (Å²) in [6.45, 7) is 5.05. The summed E-state index contributed by atoms with van der Waals surface area (Å²) in [6.07, 6.45) is 3.48. The molecule has 0 amide bonds. The Morgan fingerprint density at radius 1 is 1.17 bits per heavy atom. The molecule has 18 heavy (non-hydrogen) atoms. The second kappa shape index (κ2) is 5.65. The number of pyridine rings is 1. The Kier molecular flexibility index (Phi) is 3.95. The number of hydrogen-bond acceptors (Lipinski definition) is 3. The fraction of sp³-hybridized carbons (Fsp3) is 0.267. The number of anilines is 2. The summed E-state index contributed by atoms with van der Waals surface area (Å²) >= 11 is 0. The molecule has 3 nitrogen and oxygen atoms in total. The number of nitrogens with zero attached hydrogens (tertiary/aromatic N) is 2. The molecule has 1 heterocycles. The van der Waals surface area contributed by atoms with Crippen LogP contribution in [0.2, 0.25) is 0 Å². The van der Waals surface area contributed by atoms with E-state index >= 15 is 0 Å². The van der Waals surface area contributed by atoms with E-state index in [-0.39, 0.29) is 6.61 Å². The van der Waals surface area contributed by atoms with Gasteiger partial charge in [-0.3, -0.25) is 4.98 Å². The maximum atomic E-state index is 9.41. The topological polar surface area (TPSA) is 36.4 Å². The predicted octanol–water partition coefficient (Wildman–Crippen LogP) is 3.04. The lowest BCUT2D eigenvalue weighted by atomic mass is 10.1. The summed E-state index contributed by atoms with van der Waals surface area (Å²) in [5.74, 6) is 0. The van der Waals surface area contributed by atoms with E-state index in [2.05, 4.69) is 35.9 Å². The molecule has 0 aliphatic carbocycles. The number of para-hydroxylation sites is 1. The van der Waals surface area contributed by atoms with Crippen molar-refractivity contribution >= 4 is 11.4 Å². The van der Waals surface area contributed by atoms with Gasteiger partial charge in [-0.1, -0.05) is 18.2 Å². The molecule has 1 aromatic heterocycles. The van der Waals surface area contributed by atoms with E-state index < -0.39 is 0 Å². The van der Waals surface area contributed by atoms with E-state index in [4.69, 9.17) is 0 Å². The first kappa shape index (κ1) is 12.6. The molecule has 0 bridgehead atoms. The summed E-state index contributed by atoms with van der Waals surface area (Å²) < 4.78 is 0. The number of aryl methyl sites for hydroxylation is 1. The van der Waals surface area contributed by atoms with Crippen LogP contribution in [0.1, 0.15) is 18.1 Å². The van der Waals surface area contributed by atoms with Gasteiger partial charge in [0.1, 0.15) is 0 Å². The first-order valence-corrected chi connectivity index (χ1v) is 6.14.